The van der Waals surface area contributed by atoms with Crippen molar-refractivity contribution in [3.05, 3.63) is 0 Å². The lowest BCUT2D eigenvalue weighted by Gasteiger charge is -2.34. The van der Waals surface area contributed by atoms with E-state index in [2.05, 4.69) is 16.0 Å². The molecule has 1 atom stereocenters. The molecule has 3 N–H and O–H groups in total. The number of carbonyl (C=O) groups excluding carboxylic acids is 2. The van der Waals surface area contributed by atoms with E-state index in [1.807, 2.05) is 34.7 Å². The monoisotopic (exact) mass is 299 g/mol. The van der Waals surface area contributed by atoms with Gasteiger partial charge in [-0.25, -0.2) is 0 Å². The van der Waals surface area contributed by atoms with Crippen LogP contribution < -0.4 is 16.0 Å². The third-order valence-corrected chi connectivity index (χ3v) is 4.25. The molecule has 0 saturated heterocycles. The van der Waals surface area contributed by atoms with Crippen LogP contribution in [0.5, 0.6) is 0 Å². The highest BCUT2D eigenvalue weighted by atomic mass is 16.2. The zero-order chi connectivity index (χ0) is 16.5. The van der Waals surface area contributed by atoms with Crippen molar-refractivity contribution in [3.8, 4) is 0 Å². The van der Waals surface area contributed by atoms with E-state index >= 15 is 0 Å². The first-order valence-corrected chi connectivity index (χ1v) is 7.84. The third kappa shape index (κ3) is 7.05. The van der Waals surface area contributed by atoms with E-state index in [0.29, 0.717) is 13.0 Å². The third-order valence-electron chi connectivity index (χ3n) is 4.25. The van der Waals surface area contributed by atoms with Crippen molar-refractivity contribution in [2.75, 3.05) is 33.2 Å². The molecule has 0 spiro atoms. The van der Waals surface area contributed by atoms with Gasteiger partial charge in [-0.05, 0) is 26.8 Å². The maximum absolute atomic E-state index is 12.4. The summed E-state index contributed by atoms with van der Waals surface area (Å²) in [6.07, 6.45) is 1.30. The Morgan fingerprint density at radius 3 is 2.05 bits per heavy atom. The fourth-order valence-corrected chi connectivity index (χ4v) is 2.28. The molecule has 1 amide bonds. The van der Waals surface area contributed by atoms with E-state index in [1.165, 1.54) is 0 Å². The maximum Gasteiger partial charge on any atom is 0.226 e. The second kappa shape index (κ2) is 9.15. The molecule has 0 aliphatic rings. The van der Waals surface area contributed by atoms with Crippen LogP contribution in [0.3, 0.4) is 0 Å². The molecule has 0 bridgehead atoms. The lowest BCUT2D eigenvalue weighted by atomic mass is 9.70. The highest BCUT2D eigenvalue weighted by Gasteiger charge is 2.39. The Balaban J connectivity index is 4.37. The SMILES string of the molecule is CCC(C)(CC(C)(C)C(C)=O)C(=O)NCCNCCNC. The van der Waals surface area contributed by atoms with Gasteiger partial charge in [-0.15, -0.1) is 0 Å². The van der Waals surface area contributed by atoms with E-state index in [0.717, 1.165) is 26.1 Å². The van der Waals surface area contributed by atoms with Gasteiger partial charge in [0.1, 0.15) is 5.78 Å². The van der Waals surface area contributed by atoms with Crippen molar-refractivity contribution in [2.24, 2.45) is 10.8 Å². The predicted octanol–water partition coefficient (Wildman–Crippen LogP) is 1.33. The van der Waals surface area contributed by atoms with Crippen LogP contribution >= 0.6 is 0 Å². The summed E-state index contributed by atoms with van der Waals surface area (Å²) in [7, 11) is 1.91. The summed E-state index contributed by atoms with van der Waals surface area (Å²) in [5.41, 5.74) is -0.965. The molecule has 1 unspecified atom stereocenters. The first-order valence-electron chi connectivity index (χ1n) is 7.84. The van der Waals surface area contributed by atoms with Crippen molar-refractivity contribution in [1.29, 1.82) is 0 Å². The van der Waals surface area contributed by atoms with Crippen LogP contribution in [0.1, 0.15) is 47.5 Å². The number of amides is 1. The number of Topliss-reactive ketones (excluding diaryl/α,β-unsaturated/α-hetero) is 1. The molecule has 124 valence electrons. The second-order valence-corrected chi connectivity index (χ2v) is 6.64. The quantitative estimate of drug-likeness (QED) is 0.504. The van der Waals surface area contributed by atoms with E-state index < -0.39 is 10.8 Å². The first-order chi connectivity index (χ1) is 9.69. The molecule has 0 radical (unpaired) electrons. The number of hydrogen-bond acceptors (Lipinski definition) is 4. The number of hydrogen-bond donors (Lipinski definition) is 3. The smallest absolute Gasteiger partial charge is 0.226 e. The zero-order valence-electron chi connectivity index (χ0n) is 14.6. The van der Waals surface area contributed by atoms with Gasteiger partial charge in [0.2, 0.25) is 5.91 Å². The average Bonchev–Trinajstić information content (AvgIpc) is 2.41. The molecule has 0 saturated carbocycles. The summed E-state index contributed by atoms with van der Waals surface area (Å²) in [5, 5.41) is 9.28. The molecular formula is C16H33N3O2. The number of ketones is 1. The molecule has 21 heavy (non-hydrogen) atoms. The Kier molecular flexibility index (Phi) is 8.74. The van der Waals surface area contributed by atoms with Crippen molar-refractivity contribution in [2.45, 2.75) is 47.5 Å². The van der Waals surface area contributed by atoms with Crippen LogP contribution in [0.4, 0.5) is 0 Å². The normalized spacial score (nSPS) is 14.6. The molecule has 0 aromatic carbocycles. The molecule has 0 heterocycles. The molecule has 5 heteroatoms. The molecule has 0 fully saturated rings. The zero-order valence-corrected chi connectivity index (χ0v) is 14.6. The van der Waals surface area contributed by atoms with Crippen molar-refractivity contribution >= 4 is 11.7 Å². The van der Waals surface area contributed by atoms with Gasteiger partial charge < -0.3 is 16.0 Å². The summed E-state index contributed by atoms with van der Waals surface area (Å²) >= 11 is 0. The second-order valence-electron chi connectivity index (χ2n) is 6.64. The Morgan fingerprint density at radius 1 is 1.00 bits per heavy atom. The molecule has 0 aromatic heterocycles. The molecule has 5 nitrogen and oxygen atoms in total. The Morgan fingerprint density at radius 2 is 1.57 bits per heavy atom. The van der Waals surface area contributed by atoms with Crippen molar-refractivity contribution in [3.63, 3.8) is 0 Å². The van der Waals surface area contributed by atoms with Crippen molar-refractivity contribution in [1.82, 2.24) is 16.0 Å². The maximum atomic E-state index is 12.4. The largest absolute Gasteiger partial charge is 0.354 e. The van der Waals surface area contributed by atoms with Gasteiger partial charge in [0.15, 0.2) is 0 Å². The number of nitrogens with one attached hydrogen (secondary N) is 3. The molecule has 0 aliphatic heterocycles. The van der Waals surface area contributed by atoms with Crippen molar-refractivity contribution < 1.29 is 9.59 Å². The fraction of sp³-hybridized carbons (Fsp3) is 0.875. The average molecular weight is 299 g/mol. The lowest BCUT2D eigenvalue weighted by Crippen LogP contribution is -2.44. The highest BCUT2D eigenvalue weighted by molar-refractivity contribution is 5.85. The van der Waals surface area contributed by atoms with Crippen LogP contribution in [0.25, 0.3) is 0 Å². The molecule has 0 aliphatic carbocycles. The minimum atomic E-state index is -0.500. The number of carbonyl (C=O) groups is 2. The minimum Gasteiger partial charge on any atom is -0.354 e. The van der Waals surface area contributed by atoms with Crippen LogP contribution in [-0.4, -0.2) is 44.9 Å². The molecule has 0 aromatic rings. The van der Waals surface area contributed by atoms with Gasteiger partial charge in [-0.2, -0.15) is 0 Å². The minimum absolute atomic E-state index is 0.0368. The highest BCUT2D eigenvalue weighted by Crippen LogP contribution is 2.37. The topological polar surface area (TPSA) is 70.2 Å². The predicted molar refractivity (Wildman–Crippen MR) is 87.3 cm³/mol. The van der Waals surface area contributed by atoms with E-state index in [-0.39, 0.29) is 11.7 Å². The Bertz CT molecular complexity index is 342. The lowest BCUT2D eigenvalue weighted by molar-refractivity contribution is -0.135. The van der Waals surface area contributed by atoms with Gasteiger partial charge in [0.25, 0.3) is 0 Å². The van der Waals surface area contributed by atoms with Crippen LogP contribution in [0.2, 0.25) is 0 Å². The number of rotatable bonds is 11. The van der Waals surface area contributed by atoms with Gasteiger partial charge in [-0.1, -0.05) is 27.7 Å². The van der Waals surface area contributed by atoms with E-state index in [1.54, 1.807) is 6.92 Å². The summed E-state index contributed by atoms with van der Waals surface area (Å²) in [4.78, 5) is 24.1. The van der Waals surface area contributed by atoms with Crippen LogP contribution in [0.15, 0.2) is 0 Å². The van der Waals surface area contributed by atoms with Gasteiger partial charge in [-0.3, -0.25) is 9.59 Å². The summed E-state index contributed by atoms with van der Waals surface area (Å²) in [5.74, 6) is 0.165. The van der Waals surface area contributed by atoms with Crippen LogP contribution in [0, 0.1) is 10.8 Å². The van der Waals surface area contributed by atoms with Crippen LogP contribution in [-0.2, 0) is 9.59 Å². The van der Waals surface area contributed by atoms with E-state index in [9.17, 15) is 9.59 Å². The summed E-state index contributed by atoms with van der Waals surface area (Å²) in [6.45, 7) is 12.5. The standard InChI is InChI=1S/C16H33N3O2/c1-7-16(5,12-15(3,4)13(2)20)14(21)19-11-10-18-9-8-17-6/h17-18H,7-12H2,1-6H3,(H,19,21). The molecular weight excluding hydrogens is 266 g/mol. The Hall–Kier alpha value is -0.940. The molecule has 0 rings (SSSR count). The van der Waals surface area contributed by atoms with Gasteiger partial charge in [0, 0.05) is 37.0 Å². The summed E-state index contributed by atoms with van der Waals surface area (Å²) in [6, 6.07) is 0. The fourth-order valence-electron chi connectivity index (χ4n) is 2.28. The van der Waals surface area contributed by atoms with Gasteiger partial charge >= 0.3 is 0 Å². The van der Waals surface area contributed by atoms with E-state index in [4.69, 9.17) is 0 Å². The summed E-state index contributed by atoms with van der Waals surface area (Å²) < 4.78 is 0. The number of likely N-dealkylation sites (N-methyl/N-ethyl adjacent to an activating group) is 1. The van der Waals surface area contributed by atoms with Gasteiger partial charge in [0.05, 0.1) is 0 Å². The Labute approximate surface area is 129 Å². The first kappa shape index (κ1) is 20.1.